The fourth-order valence-electron chi connectivity index (χ4n) is 3.63. The summed E-state index contributed by atoms with van der Waals surface area (Å²) in [6.45, 7) is 4.97. The fraction of sp³-hybridized carbons (Fsp3) is 0.455. The second kappa shape index (κ2) is 9.02. The minimum absolute atomic E-state index is 0.413. The first-order chi connectivity index (χ1) is 12.2. The zero-order valence-electron chi connectivity index (χ0n) is 15.2. The van der Waals surface area contributed by atoms with E-state index in [4.69, 9.17) is 10.5 Å². The Morgan fingerprint density at radius 3 is 2.24 bits per heavy atom. The molecule has 0 spiro atoms. The van der Waals surface area contributed by atoms with Gasteiger partial charge in [0.25, 0.3) is 0 Å². The Labute approximate surface area is 151 Å². The van der Waals surface area contributed by atoms with Gasteiger partial charge in [0.1, 0.15) is 12.4 Å². The van der Waals surface area contributed by atoms with Crippen LogP contribution in [0.2, 0.25) is 0 Å². The zero-order valence-corrected chi connectivity index (χ0v) is 15.2. The molecule has 0 radical (unpaired) electrons. The van der Waals surface area contributed by atoms with Crippen LogP contribution in [0.4, 0.5) is 0 Å². The highest BCUT2D eigenvalue weighted by Gasteiger charge is 2.23. The Kier molecular flexibility index (Phi) is 6.48. The third-order valence-corrected chi connectivity index (χ3v) is 5.22. The summed E-state index contributed by atoms with van der Waals surface area (Å²) in [5.74, 6) is 0.930. The van der Waals surface area contributed by atoms with Gasteiger partial charge in [0.2, 0.25) is 0 Å². The summed E-state index contributed by atoms with van der Waals surface area (Å²) in [7, 11) is 0. The fourth-order valence-corrected chi connectivity index (χ4v) is 3.63. The van der Waals surface area contributed by atoms with Crippen LogP contribution in [0, 0.1) is 0 Å². The Morgan fingerprint density at radius 1 is 0.920 bits per heavy atom. The number of nitrogens with two attached hydrogens (primary N) is 1. The number of benzene rings is 2. The maximum Gasteiger partial charge on any atom is 0.119 e. The Bertz CT molecular complexity index is 618. The molecule has 134 valence electrons. The highest BCUT2D eigenvalue weighted by Crippen LogP contribution is 2.24. The van der Waals surface area contributed by atoms with Crippen molar-refractivity contribution in [3.05, 3.63) is 65.7 Å². The number of rotatable bonds is 7. The number of hydrogen-bond acceptors (Lipinski definition) is 3. The van der Waals surface area contributed by atoms with Crippen LogP contribution < -0.4 is 10.5 Å². The molecule has 0 atom stereocenters. The highest BCUT2D eigenvalue weighted by molar-refractivity contribution is 5.28. The maximum absolute atomic E-state index is 6.05. The van der Waals surface area contributed by atoms with Crippen molar-refractivity contribution in [1.29, 1.82) is 0 Å². The molecular weight excluding hydrogens is 308 g/mol. The van der Waals surface area contributed by atoms with Crippen molar-refractivity contribution in [3.8, 4) is 5.75 Å². The van der Waals surface area contributed by atoms with E-state index in [2.05, 4.69) is 48.2 Å². The van der Waals surface area contributed by atoms with E-state index in [-0.39, 0.29) is 0 Å². The van der Waals surface area contributed by atoms with E-state index in [1.165, 1.54) is 24.0 Å². The van der Waals surface area contributed by atoms with Crippen molar-refractivity contribution in [1.82, 2.24) is 4.90 Å². The molecule has 3 rings (SSSR count). The first-order valence-electron chi connectivity index (χ1n) is 9.50. The van der Waals surface area contributed by atoms with Gasteiger partial charge in [-0.25, -0.2) is 0 Å². The van der Waals surface area contributed by atoms with Crippen LogP contribution in [-0.2, 0) is 13.2 Å². The van der Waals surface area contributed by atoms with Gasteiger partial charge < -0.3 is 10.5 Å². The molecule has 2 N–H and O–H groups in total. The van der Waals surface area contributed by atoms with Crippen LogP contribution in [0.3, 0.4) is 0 Å². The molecule has 0 unspecified atom stereocenters. The van der Waals surface area contributed by atoms with Crippen molar-refractivity contribution >= 4 is 0 Å². The lowest BCUT2D eigenvalue weighted by molar-refractivity contribution is 0.149. The Morgan fingerprint density at radius 2 is 1.60 bits per heavy atom. The van der Waals surface area contributed by atoms with Gasteiger partial charge in [-0.3, -0.25) is 4.90 Å². The monoisotopic (exact) mass is 338 g/mol. The van der Waals surface area contributed by atoms with Crippen molar-refractivity contribution < 1.29 is 4.74 Å². The largest absolute Gasteiger partial charge is 0.489 e. The summed E-state index contributed by atoms with van der Waals surface area (Å²) in [5, 5.41) is 0. The predicted molar refractivity (Wildman–Crippen MR) is 104 cm³/mol. The molecule has 1 saturated carbocycles. The topological polar surface area (TPSA) is 38.5 Å². The summed E-state index contributed by atoms with van der Waals surface area (Å²) >= 11 is 0. The van der Waals surface area contributed by atoms with Crippen molar-refractivity contribution in [2.75, 3.05) is 6.54 Å². The number of nitrogens with zero attached hydrogens (tertiary/aromatic N) is 1. The van der Waals surface area contributed by atoms with Gasteiger partial charge >= 0.3 is 0 Å². The quantitative estimate of drug-likeness (QED) is 0.815. The standard InChI is InChI=1S/C22H30N2O/c1-2-24(21-12-10-20(23)11-13-21)16-18-8-14-22(15-9-18)25-17-19-6-4-3-5-7-19/h3-9,14-15,20-21H,2,10-13,16-17,23H2,1H3. The lowest BCUT2D eigenvalue weighted by atomic mass is 9.90. The SMILES string of the molecule is CCN(Cc1ccc(OCc2ccccc2)cc1)C1CCC(N)CC1. The molecule has 0 saturated heterocycles. The Hall–Kier alpha value is -1.84. The number of ether oxygens (including phenoxy) is 1. The molecule has 25 heavy (non-hydrogen) atoms. The molecule has 2 aromatic rings. The molecule has 0 amide bonds. The summed E-state index contributed by atoms with van der Waals surface area (Å²) in [6, 6.07) is 19.9. The van der Waals surface area contributed by atoms with E-state index < -0.39 is 0 Å². The molecule has 3 heteroatoms. The van der Waals surface area contributed by atoms with Crippen LogP contribution in [0.25, 0.3) is 0 Å². The highest BCUT2D eigenvalue weighted by atomic mass is 16.5. The normalized spacial score (nSPS) is 20.6. The zero-order chi connectivity index (χ0) is 17.5. The molecule has 1 aliphatic carbocycles. The molecule has 0 aromatic heterocycles. The van der Waals surface area contributed by atoms with Gasteiger partial charge in [-0.05, 0) is 55.5 Å². The summed E-state index contributed by atoms with van der Waals surface area (Å²) in [5.41, 5.74) is 8.59. The van der Waals surface area contributed by atoms with Crippen LogP contribution in [0.1, 0.15) is 43.7 Å². The second-order valence-corrected chi connectivity index (χ2v) is 7.05. The molecule has 0 bridgehead atoms. The molecule has 3 nitrogen and oxygen atoms in total. The summed E-state index contributed by atoms with van der Waals surface area (Å²) < 4.78 is 5.88. The summed E-state index contributed by atoms with van der Waals surface area (Å²) in [6.07, 6.45) is 4.78. The first kappa shape index (κ1) is 18.0. The second-order valence-electron chi connectivity index (χ2n) is 7.05. The van der Waals surface area contributed by atoms with Gasteiger partial charge in [-0.15, -0.1) is 0 Å². The summed E-state index contributed by atoms with van der Waals surface area (Å²) in [4.78, 5) is 2.59. The minimum atomic E-state index is 0.413. The maximum atomic E-state index is 6.05. The van der Waals surface area contributed by atoms with Crippen LogP contribution in [-0.4, -0.2) is 23.5 Å². The lowest BCUT2D eigenvalue weighted by Gasteiger charge is -2.35. The van der Waals surface area contributed by atoms with Gasteiger partial charge in [-0.1, -0.05) is 49.4 Å². The lowest BCUT2D eigenvalue weighted by Crippen LogP contribution is -2.40. The molecule has 0 aliphatic heterocycles. The first-order valence-corrected chi connectivity index (χ1v) is 9.50. The van der Waals surface area contributed by atoms with Crippen molar-refractivity contribution in [3.63, 3.8) is 0 Å². The van der Waals surface area contributed by atoms with E-state index in [9.17, 15) is 0 Å². The van der Waals surface area contributed by atoms with E-state index >= 15 is 0 Å². The van der Waals surface area contributed by atoms with Crippen molar-refractivity contribution in [2.45, 2.75) is 57.8 Å². The predicted octanol–water partition coefficient (Wildman–Crippen LogP) is 4.36. The van der Waals surface area contributed by atoms with E-state index in [0.29, 0.717) is 18.7 Å². The number of hydrogen-bond donors (Lipinski definition) is 1. The van der Waals surface area contributed by atoms with Gasteiger partial charge in [0.05, 0.1) is 0 Å². The third-order valence-electron chi connectivity index (χ3n) is 5.22. The van der Waals surface area contributed by atoms with Gasteiger partial charge in [0, 0.05) is 18.6 Å². The van der Waals surface area contributed by atoms with Crippen molar-refractivity contribution in [2.24, 2.45) is 5.73 Å². The molecule has 1 aliphatic rings. The van der Waals surface area contributed by atoms with Crippen LogP contribution in [0.15, 0.2) is 54.6 Å². The van der Waals surface area contributed by atoms with Gasteiger partial charge in [0.15, 0.2) is 0 Å². The molecular formula is C22H30N2O. The third kappa shape index (κ3) is 5.32. The minimum Gasteiger partial charge on any atom is -0.489 e. The van der Waals surface area contributed by atoms with E-state index in [1.54, 1.807) is 0 Å². The molecule has 0 heterocycles. The van der Waals surface area contributed by atoms with Crippen LogP contribution in [0.5, 0.6) is 5.75 Å². The molecule has 2 aromatic carbocycles. The van der Waals surface area contributed by atoms with Crippen LogP contribution >= 0.6 is 0 Å². The Balaban J connectivity index is 1.52. The van der Waals surface area contributed by atoms with Gasteiger partial charge in [-0.2, -0.15) is 0 Å². The average molecular weight is 338 g/mol. The molecule has 1 fully saturated rings. The smallest absolute Gasteiger partial charge is 0.119 e. The van der Waals surface area contributed by atoms with E-state index in [0.717, 1.165) is 31.7 Å². The average Bonchev–Trinajstić information content (AvgIpc) is 2.67. The van der Waals surface area contributed by atoms with E-state index in [1.807, 2.05) is 18.2 Å².